The number of piperidine rings is 1. The molecule has 1 aliphatic rings. The lowest BCUT2D eigenvalue weighted by Crippen LogP contribution is -2.40. The maximum atomic E-state index is 12.6. The van der Waals surface area contributed by atoms with Crippen LogP contribution in [0.25, 0.3) is 0 Å². The number of hydrogen-bond donors (Lipinski definition) is 2. The fourth-order valence-corrected chi connectivity index (χ4v) is 2.99. The summed E-state index contributed by atoms with van der Waals surface area (Å²) in [6.07, 6.45) is 0.973. The molecule has 2 heterocycles. The van der Waals surface area contributed by atoms with Gasteiger partial charge in [0.2, 0.25) is 5.95 Å². The van der Waals surface area contributed by atoms with Gasteiger partial charge in [0.05, 0.1) is 0 Å². The molecule has 0 spiro atoms. The maximum absolute atomic E-state index is 12.6. The van der Waals surface area contributed by atoms with Gasteiger partial charge in [-0.05, 0) is 32.2 Å². The third-order valence-electron chi connectivity index (χ3n) is 4.17. The van der Waals surface area contributed by atoms with Crippen LogP contribution in [0.3, 0.4) is 0 Å². The third-order valence-corrected chi connectivity index (χ3v) is 4.17. The summed E-state index contributed by atoms with van der Waals surface area (Å²) < 4.78 is 37.8. The fourth-order valence-electron chi connectivity index (χ4n) is 2.99. The molecule has 0 aliphatic carbocycles. The number of nitrogens with zero attached hydrogens (tertiary/aromatic N) is 2. The second-order valence-electron chi connectivity index (χ2n) is 5.85. The molecule has 0 amide bonds. The minimum absolute atomic E-state index is 0.129. The number of rotatable bonds is 6. The normalized spacial score (nSPS) is 19.7. The number of nitrogens with one attached hydrogen (secondary N) is 2. The Balaban J connectivity index is 1.84. The van der Waals surface area contributed by atoms with Gasteiger partial charge < -0.3 is 10.2 Å². The molecule has 0 saturated carbocycles. The van der Waals surface area contributed by atoms with Crippen molar-refractivity contribution in [3.8, 4) is 0 Å². The molecule has 8 heteroatoms. The Morgan fingerprint density at radius 2 is 2.22 bits per heavy atom. The lowest BCUT2D eigenvalue weighted by molar-refractivity contribution is -0.141. The highest BCUT2D eigenvalue weighted by atomic mass is 19.4. The van der Waals surface area contributed by atoms with Crippen LogP contribution >= 0.6 is 0 Å². The van der Waals surface area contributed by atoms with Crippen LogP contribution in [0.5, 0.6) is 0 Å². The molecule has 2 rings (SSSR count). The Labute approximate surface area is 133 Å². The van der Waals surface area contributed by atoms with Crippen LogP contribution in [0.15, 0.2) is 10.9 Å². The molecule has 0 radical (unpaired) electrons. The first kappa shape index (κ1) is 17.8. The van der Waals surface area contributed by atoms with E-state index in [1.807, 2.05) is 0 Å². The first-order valence-corrected chi connectivity index (χ1v) is 8.06. The number of halogens is 3. The van der Waals surface area contributed by atoms with Crippen molar-refractivity contribution in [3.63, 3.8) is 0 Å². The second kappa shape index (κ2) is 7.81. The highest BCUT2D eigenvalue weighted by Crippen LogP contribution is 2.26. The standard InChI is InChI=1S/C15H23F3N4O/c1-2-11-6-3-4-8-22(11)9-5-7-19-14-20-12(15(16,17)18)10-13(23)21-14/h10-11H,2-9H2,1H3,(H2,19,20,21,23). The molecule has 1 saturated heterocycles. The minimum atomic E-state index is -4.62. The monoisotopic (exact) mass is 332 g/mol. The Bertz CT molecular complexity index is 558. The number of aromatic nitrogens is 2. The lowest BCUT2D eigenvalue weighted by Gasteiger charge is -2.35. The number of hydrogen-bond acceptors (Lipinski definition) is 4. The number of aromatic amines is 1. The smallest absolute Gasteiger partial charge is 0.356 e. The molecular weight excluding hydrogens is 309 g/mol. The van der Waals surface area contributed by atoms with E-state index in [0.29, 0.717) is 18.7 Å². The zero-order chi connectivity index (χ0) is 16.9. The fraction of sp³-hybridized carbons (Fsp3) is 0.733. The topological polar surface area (TPSA) is 61.0 Å². The van der Waals surface area contributed by atoms with Crippen molar-refractivity contribution in [3.05, 3.63) is 22.1 Å². The maximum Gasteiger partial charge on any atom is 0.433 e. The van der Waals surface area contributed by atoms with Gasteiger partial charge in [-0.15, -0.1) is 0 Å². The van der Waals surface area contributed by atoms with Crippen LogP contribution in [-0.2, 0) is 6.18 Å². The van der Waals surface area contributed by atoms with Gasteiger partial charge >= 0.3 is 6.18 Å². The van der Waals surface area contributed by atoms with Gasteiger partial charge in [0.1, 0.15) is 0 Å². The molecule has 1 atom stereocenters. The number of H-pyrrole nitrogens is 1. The zero-order valence-electron chi connectivity index (χ0n) is 13.2. The van der Waals surface area contributed by atoms with Gasteiger partial charge in [0.15, 0.2) is 5.69 Å². The van der Waals surface area contributed by atoms with E-state index in [-0.39, 0.29) is 5.95 Å². The summed E-state index contributed by atoms with van der Waals surface area (Å²) in [6.45, 7) is 4.63. The van der Waals surface area contributed by atoms with Crippen LogP contribution in [0.1, 0.15) is 44.7 Å². The van der Waals surface area contributed by atoms with Gasteiger partial charge in [-0.2, -0.15) is 13.2 Å². The molecule has 1 unspecified atom stereocenters. The van der Waals surface area contributed by atoms with Gasteiger partial charge in [0.25, 0.3) is 5.56 Å². The third kappa shape index (κ3) is 5.23. The first-order chi connectivity index (χ1) is 10.9. The molecule has 1 aromatic heterocycles. The van der Waals surface area contributed by atoms with Crippen molar-refractivity contribution in [1.82, 2.24) is 14.9 Å². The van der Waals surface area contributed by atoms with E-state index in [1.165, 1.54) is 19.3 Å². The van der Waals surface area contributed by atoms with Crippen molar-refractivity contribution in [2.75, 3.05) is 25.0 Å². The highest BCUT2D eigenvalue weighted by Gasteiger charge is 2.33. The summed E-state index contributed by atoms with van der Waals surface area (Å²) in [6, 6.07) is 1.07. The molecule has 2 N–H and O–H groups in total. The number of anilines is 1. The molecule has 1 fully saturated rings. The van der Waals surface area contributed by atoms with Crippen molar-refractivity contribution in [1.29, 1.82) is 0 Å². The van der Waals surface area contributed by atoms with Crippen LogP contribution in [0.2, 0.25) is 0 Å². The van der Waals surface area contributed by atoms with E-state index in [4.69, 9.17) is 0 Å². The largest absolute Gasteiger partial charge is 0.433 e. The summed E-state index contributed by atoms with van der Waals surface area (Å²) in [5.74, 6) is -0.129. The Kier molecular flexibility index (Phi) is 6.04. The Morgan fingerprint density at radius 1 is 1.43 bits per heavy atom. The summed E-state index contributed by atoms with van der Waals surface area (Å²) in [4.78, 5) is 19.4. The molecule has 23 heavy (non-hydrogen) atoms. The van der Waals surface area contributed by atoms with Gasteiger partial charge in [-0.3, -0.25) is 9.78 Å². The van der Waals surface area contributed by atoms with E-state index in [2.05, 4.69) is 27.1 Å². The predicted molar refractivity (Wildman–Crippen MR) is 82.5 cm³/mol. The van der Waals surface area contributed by atoms with Crippen LogP contribution < -0.4 is 10.9 Å². The molecule has 5 nitrogen and oxygen atoms in total. The molecule has 0 aromatic carbocycles. The van der Waals surface area contributed by atoms with Gasteiger partial charge in [-0.1, -0.05) is 13.3 Å². The van der Waals surface area contributed by atoms with E-state index >= 15 is 0 Å². The van der Waals surface area contributed by atoms with Crippen LogP contribution in [-0.4, -0.2) is 40.5 Å². The van der Waals surface area contributed by atoms with Crippen LogP contribution in [0.4, 0.5) is 19.1 Å². The Hall–Kier alpha value is -1.57. The molecular formula is C15H23F3N4O. The van der Waals surface area contributed by atoms with E-state index in [1.54, 1.807) is 0 Å². The second-order valence-corrected chi connectivity index (χ2v) is 5.85. The zero-order valence-corrected chi connectivity index (χ0v) is 13.2. The van der Waals surface area contributed by atoms with Crippen LogP contribution in [0, 0.1) is 0 Å². The lowest BCUT2D eigenvalue weighted by atomic mass is 10.00. The van der Waals surface area contributed by atoms with Crippen molar-refractivity contribution >= 4 is 5.95 Å². The number of likely N-dealkylation sites (tertiary alicyclic amines) is 1. The van der Waals surface area contributed by atoms with E-state index in [9.17, 15) is 18.0 Å². The molecule has 130 valence electrons. The average Bonchev–Trinajstić information content (AvgIpc) is 2.50. The summed E-state index contributed by atoms with van der Waals surface area (Å²) in [5, 5.41) is 2.78. The molecule has 0 bridgehead atoms. The highest BCUT2D eigenvalue weighted by molar-refractivity contribution is 5.25. The summed E-state index contributed by atoms with van der Waals surface area (Å²) in [7, 11) is 0. The van der Waals surface area contributed by atoms with E-state index < -0.39 is 17.4 Å². The predicted octanol–water partition coefficient (Wildman–Crippen LogP) is 2.86. The SMILES string of the molecule is CCC1CCCCN1CCCNc1nc(C(F)(F)F)cc(=O)[nH]1. The number of alkyl halides is 3. The first-order valence-electron chi connectivity index (χ1n) is 8.06. The average molecular weight is 332 g/mol. The summed E-state index contributed by atoms with van der Waals surface area (Å²) in [5.41, 5.74) is -1.98. The summed E-state index contributed by atoms with van der Waals surface area (Å²) >= 11 is 0. The Morgan fingerprint density at radius 3 is 2.91 bits per heavy atom. The molecule has 1 aliphatic heterocycles. The van der Waals surface area contributed by atoms with Gasteiger partial charge in [-0.25, -0.2) is 4.98 Å². The molecule has 1 aromatic rings. The van der Waals surface area contributed by atoms with Crippen molar-refractivity contribution in [2.24, 2.45) is 0 Å². The minimum Gasteiger partial charge on any atom is -0.356 e. The van der Waals surface area contributed by atoms with Crippen molar-refractivity contribution < 1.29 is 13.2 Å². The van der Waals surface area contributed by atoms with Crippen molar-refractivity contribution in [2.45, 2.75) is 51.2 Å². The quantitative estimate of drug-likeness (QED) is 0.787. The van der Waals surface area contributed by atoms with E-state index in [0.717, 1.165) is 25.9 Å². The van der Waals surface area contributed by atoms with Gasteiger partial charge in [0, 0.05) is 25.2 Å².